The van der Waals surface area contributed by atoms with Crippen LogP contribution in [0.3, 0.4) is 0 Å². The molecule has 1 unspecified atom stereocenters. The van der Waals surface area contributed by atoms with Crippen LogP contribution in [0.15, 0.2) is 65.2 Å². The summed E-state index contributed by atoms with van der Waals surface area (Å²) in [6, 6.07) is 15.1. The van der Waals surface area contributed by atoms with Crippen LogP contribution in [-0.4, -0.2) is 43.9 Å². The SMILES string of the molecule is BC1=CCC(C[C@H](NC(=O)OCC2c3ccccc3-c3ccccc32)C(=O)O)C=N1. The molecule has 6 nitrogen and oxygen atoms in total. The van der Waals surface area contributed by atoms with E-state index in [4.69, 9.17) is 4.74 Å². The smallest absolute Gasteiger partial charge is 0.407 e. The maximum Gasteiger partial charge on any atom is 0.407 e. The number of nitrogens with zero attached hydrogens (tertiary/aromatic N) is 1. The van der Waals surface area contributed by atoms with Crippen LogP contribution in [-0.2, 0) is 9.53 Å². The van der Waals surface area contributed by atoms with E-state index in [1.165, 1.54) is 0 Å². The fourth-order valence-electron chi connectivity index (χ4n) is 4.12. The maximum atomic E-state index is 12.4. The molecule has 0 bridgehead atoms. The Morgan fingerprint density at radius 2 is 1.77 bits per heavy atom. The molecule has 2 aliphatic rings. The number of carboxylic acid groups (broad SMARTS) is 1. The van der Waals surface area contributed by atoms with Crippen molar-refractivity contribution >= 4 is 26.1 Å². The highest BCUT2D eigenvalue weighted by Gasteiger charge is 2.30. The van der Waals surface area contributed by atoms with Crippen molar-refractivity contribution in [3.8, 4) is 11.1 Å². The van der Waals surface area contributed by atoms with Gasteiger partial charge in [0.2, 0.25) is 0 Å². The summed E-state index contributed by atoms with van der Waals surface area (Å²) in [5.74, 6) is -1.17. The summed E-state index contributed by atoms with van der Waals surface area (Å²) < 4.78 is 5.47. The number of rotatable bonds is 6. The molecule has 152 valence electrons. The summed E-state index contributed by atoms with van der Waals surface area (Å²) in [6.07, 6.45) is 3.99. The number of alkyl carbamates (subject to hydrolysis) is 1. The van der Waals surface area contributed by atoms with E-state index in [9.17, 15) is 14.7 Å². The lowest BCUT2D eigenvalue weighted by Crippen LogP contribution is -2.43. The minimum absolute atomic E-state index is 0.0244. The lowest BCUT2D eigenvalue weighted by atomic mass is 9.92. The summed E-state index contributed by atoms with van der Waals surface area (Å²) >= 11 is 0. The molecule has 2 atom stereocenters. The number of carboxylic acids is 1. The maximum absolute atomic E-state index is 12.4. The second kappa shape index (κ2) is 8.57. The Balaban J connectivity index is 1.39. The van der Waals surface area contributed by atoms with E-state index in [1.54, 1.807) is 6.21 Å². The number of fused-ring (bicyclic) bond motifs is 3. The van der Waals surface area contributed by atoms with Crippen LogP contribution in [0.25, 0.3) is 11.1 Å². The number of allylic oxidation sites excluding steroid dienone is 1. The molecule has 4 rings (SSSR count). The largest absolute Gasteiger partial charge is 0.480 e. The van der Waals surface area contributed by atoms with Crippen LogP contribution in [0.4, 0.5) is 4.79 Å². The normalized spacial score (nSPS) is 18.1. The van der Waals surface area contributed by atoms with Crippen molar-refractivity contribution in [1.29, 1.82) is 0 Å². The predicted molar refractivity (Wildman–Crippen MR) is 117 cm³/mol. The molecular formula is C23H23BN2O4. The molecule has 1 aliphatic heterocycles. The van der Waals surface area contributed by atoms with Gasteiger partial charge in [0.1, 0.15) is 12.6 Å². The van der Waals surface area contributed by atoms with Crippen LogP contribution in [0, 0.1) is 5.92 Å². The van der Waals surface area contributed by atoms with Gasteiger partial charge in [-0.1, -0.05) is 54.6 Å². The first kappa shape index (κ1) is 19.9. The first-order valence-electron chi connectivity index (χ1n) is 10.1. The monoisotopic (exact) mass is 402 g/mol. The average Bonchev–Trinajstić information content (AvgIpc) is 3.07. The van der Waals surface area contributed by atoms with Gasteiger partial charge in [0.15, 0.2) is 7.85 Å². The molecule has 0 spiro atoms. The van der Waals surface area contributed by atoms with Gasteiger partial charge >= 0.3 is 12.1 Å². The molecule has 30 heavy (non-hydrogen) atoms. The van der Waals surface area contributed by atoms with E-state index in [-0.39, 0.29) is 24.9 Å². The number of nitrogens with one attached hydrogen (secondary N) is 1. The molecule has 1 aliphatic carbocycles. The molecule has 2 N–H and O–H groups in total. The number of aliphatic carboxylic acids is 1. The molecule has 0 aromatic heterocycles. The quantitative estimate of drug-likeness (QED) is 0.728. The van der Waals surface area contributed by atoms with Gasteiger partial charge < -0.3 is 15.2 Å². The topological polar surface area (TPSA) is 88.0 Å². The van der Waals surface area contributed by atoms with Gasteiger partial charge in [0, 0.05) is 18.1 Å². The first-order valence-corrected chi connectivity index (χ1v) is 10.1. The Hall–Kier alpha value is -3.35. The van der Waals surface area contributed by atoms with E-state index in [0.717, 1.165) is 27.9 Å². The number of carbonyl (C=O) groups is 2. The van der Waals surface area contributed by atoms with Gasteiger partial charge in [0.05, 0.1) is 0 Å². The Morgan fingerprint density at radius 3 is 2.33 bits per heavy atom. The minimum atomic E-state index is -1.08. The number of hydrogen-bond donors (Lipinski definition) is 2. The third kappa shape index (κ3) is 4.15. The van der Waals surface area contributed by atoms with E-state index in [1.807, 2.05) is 50.3 Å². The summed E-state index contributed by atoms with van der Waals surface area (Å²) in [5.41, 5.74) is 5.43. The van der Waals surface area contributed by atoms with Crippen LogP contribution in [0.1, 0.15) is 29.9 Å². The molecule has 0 saturated heterocycles. The Bertz CT molecular complexity index is 988. The van der Waals surface area contributed by atoms with Crippen molar-refractivity contribution in [2.45, 2.75) is 24.8 Å². The summed E-state index contributed by atoms with van der Waals surface area (Å²) in [5, 5.41) is 12.0. The highest BCUT2D eigenvalue weighted by Crippen LogP contribution is 2.44. The second-order valence-corrected chi connectivity index (χ2v) is 7.72. The minimum Gasteiger partial charge on any atom is -0.480 e. The number of hydrogen-bond acceptors (Lipinski definition) is 4. The van der Waals surface area contributed by atoms with Gasteiger partial charge in [-0.3, -0.25) is 4.99 Å². The summed E-state index contributed by atoms with van der Waals surface area (Å²) in [7, 11) is 1.90. The molecule has 7 heteroatoms. The number of benzene rings is 2. The van der Waals surface area contributed by atoms with Crippen molar-refractivity contribution in [3.05, 3.63) is 71.3 Å². The lowest BCUT2D eigenvalue weighted by Gasteiger charge is -2.21. The van der Waals surface area contributed by atoms with Gasteiger partial charge in [-0.2, -0.15) is 0 Å². The third-order valence-electron chi connectivity index (χ3n) is 5.68. The van der Waals surface area contributed by atoms with Crippen LogP contribution >= 0.6 is 0 Å². The zero-order valence-electron chi connectivity index (χ0n) is 16.7. The van der Waals surface area contributed by atoms with Gasteiger partial charge in [-0.25, -0.2) is 9.59 Å². The fraction of sp³-hybridized carbons (Fsp3) is 0.261. The number of carbonyl (C=O) groups excluding carboxylic acids is 1. The molecule has 1 heterocycles. The Labute approximate surface area is 176 Å². The van der Waals surface area contributed by atoms with Crippen LogP contribution in [0.5, 0.6) is 0 Å². The van der Waals surface area contributed by atoms with E-state index in [2.05, 4.69) is 22.4 Å². The summed E-state index contributed by atoms with van der Waals surface area (Å²) in [4.78, 5) is 28.3. The average molecular weight is 402 g/mol. The zero-order valence-corrected chi connectivity index (χ0v) is 16.7. The van der Waals surface area contributed by atoms with Gasteiger partial charge in [0.25, 0.3) is 0 Å². The lowest BCUT2D eigenvalue weighted by molar-refractivity contribution is -0.139. The molecule has 0 fully saturated rings. The van der Waals surface area contributed by atoms with E-state index < -0.39 is 18.1 Å². The molecule has 2 aromatic carbocycles. The van der Waals surface area contributed by atoms with E-state index >= 15 is 0 Å². The van der Waals surface area contributed by atoms with Crippen LogP contribution in [0.2, 0.25) is 0 Å². The first-order chi connectivity index (χ1) is 14.5. The zero-order chi connectivity index (χ0) is 21.1. The van der Waals surface area contributed by atoms with Gasteiger partial charge in [-0.15, -0.1) is 0 Å². The third-order valence-corrected chi connectivity index (χ3v) is 5.68. The predicted octanol–water partition coefficient (Wildman–Crippen LogP) is 2.93. The molecule has 0 radical (unpaired) electrons. The molecule has 2 aromatic rings. The highest BCUT2D eigenvalue weighted by molar-refractivity contribution is 6.22. The molecule has 0 saturated carbocycles. The number of aliphatic imine (C=N–C) groups is 1. The Kier molecular flexibility index (Phi) is 5.70. The molecular weight excluding hydrogens is 379 g/mol. The molecule has 1 amide bonds. The summed E-state index contributed by atoms with van der Waals surface area (Å²) in [6.45, 7) is 0.152. The number of amides is 1. The van der Waals surface area contributed by atoms with Crippen molar-refractivity contribution < 1.29 is 19.4 Å². The van der Waals surface area contributed by atoms with Crippen molar-refractivity contribution in [2.75, 3.05) is 6.61 Å². The fourth-order valence-corrected chi connectivity index (χ4v) is 4.12. The van der Waals surface area contributed by atoms with Crippen molar-refractivity contribution in [1.82, 2.24) is 5.32 Å². The van der Waals surface area contributed by atoms with Crippen molar-refractivity contribution in [2.24, 2.45) is 10.9 Å². The van der Waals surface area contributed by atoms with Crippen molar-refractivity contribution in [3.63, 3.8) is 0 Å². The van der Waals surface area contributed by atoms with E-state index in [0.29, 0.717) is 6.42 Å². The van der Waals surface area contributed by atoms with Gasteiger partial charge in [-0.05, 0) is 40.7 Å². The second-order valence-electron chi connectivity index (χ2n) is 7.72. The Morgan fingerprint density at radius 1 is 1.13 bits per heavy atom. The standard InChI is InChI=1S/C23H23BN2O4/c24-21-10-9-14(12-25-21)11-20(22(27)28)26-23(29)30-13-19-17-7-3-1-5-15(17)16-6-2-4-8-18(16)19/h1-8,10,12,14,19-20H,9,11,13,24H2,(H,26,29)(H,27,28)/t14?,20-/m0/s1. The highest BCUT2D eigenvalue weighted by atomic mass is 16.5. The van der Waals surface area contributed by atoms with Crippen LogP contribution < -0.4 is 5.32 Å². The number of ether oxygens (including phenoxy) is 1.